The van der Waals surface area contributed by atoms with Gasteiger partial charge in [-0.05, 0) is 87.2 Å². The minimum absolute atomic E-state index is 0.569. The lowest BCUT2D eigenvalue weighted by Gasteiger charge is -2.14. The Bertz CT molecular complexity index is 3630. The van der Waals surface area contributed by atoms with Crippen LogP contribution in [0.3, 0.4) is 0 Å². The minimum Gasteiger partial charge on any atom is -0.456 e. The standard InChI is InChI=1S/C56H36N4O/c1-2-11-36(12-3-1)54-57-55(37-22-20-34(21-23-37)39-24-25-40-32-43(40)31-39)59-56(58-54)60-49-29-27-35-10-4-5-15-44(35)52(49)48-18-9-17-45(53(48)60)42-14-8-13-38(30-42)41-26-28-47-46-16-6-7-19-50(46)61-51(47)33-41/h1-31,33,40,43H,32H2. The maximum atomic E-state index is 6.32. The first-order valence-electron chi connectivity index (χ1n) is 21.0. The monoisotopic (exact) mass is 780 g/mol. The van der Waals surface area contributed by atoms with Gasteiger partial charge >= 0.3 is 0 Å². The van der Waals surface area contributed by atoms with Crippen LogP contribution in [0.5, 0.6) is 0 Å². The van der Waals surface area contributed by atoms with Gasteiger partial charge in [0, 0.05) is 38.2 Å². The van der Waals surface area contributed by atoms with Gasteiger partial charge in [-0.25, -0.2) is 4.98 Å². The molecule has 2 unspecified atom stereocenters. The van der Waals surface area contributed by atoms with Crippen LogP contribution in [0, 0.1) is 11.8 Å². The maximum absolute atomic E-state index is 6.32. The van der Waals surface area contributed by atoms with Crippen LogP contribution < -0.4 is 0 Å². The van der Waals surface area contributed by atoms with E-state index >= 15 is 0 Å². The predicted octanol–water partition coefficient (Wildman–Crippen LogP) is 14.3. The molecule has 13 rings (SSSR count). The second kappa shape index (κ2) is 13.3. The number of furan rings is 1. The van der Waals surface area contributed by atoms with Crippen molar-refractivity contribution in [3.63, 3.8) is 0 Å². The molecule has 2 atom stereocenters. The van der Waals surface area contributed by atoms with Crippen molar-refractivity contribution < 1.29 is 4.42 Å². The average molecular weight is 781 g/mol. The Morgan fingerprint density at radius 1 is 0.475 bits per heavy atom. The molecule has 0 bridgehead atoms. The summed E-state index contributed by atoms with van der Waals surface area (Å²) in [6, 6.07) is 62.2. The molecule has 1 saturated carbocycles. The van der Waals surface area contributed by atoms with Crippen molar-refractivity contribution in [1.82, 2.24) is 19.5 Å². The molecular weight excluding hydrogens is 745 g/mol. The molecule has 61 heavy (non-hydrogen) atoms. The summed E-state index contributed by atoms with van der Waals surface area (Å²) < 4.78 is 8.57. The lowest BCUT2D eigenvalue weighted by molar-refractivity contribution is 0.669. The third-order valence-corrected chi connectivity index (χ3v) is 12.7. The summed E-state index contributed by atoms with van der Waals surface area (Å²) in [7, 11) is 0. The highest BCUT2D eigenvalue weighted by Gasteiger charge is 2.35. The van der Waals surface area contributed by atoms with Gasteiger partial charge in [-0.1, -0.05) is 164 Å². The van der Waals surface area contributed by atoms with Crippen LogP contribution in [0.1, 0.15) is 12.0 Å². The van der Waals surface area contributed by atoms with Gasteiger partial charge in [-0.3, -0.25) is 4.57 Å². The summed E-state index contributed by atoms with van der Waals surface area (Å²) in [5.41, 5.74) is 12.6. The van der Waals surface area contributed by atoms with Crippen LogP contribution in [0.15, 0.2) is 199 Å². The fourth-order valence-electron chi connectivity index (χ4n) is 9.52. The molecule has 0 saturated heterocycles. The number of aromatic nitrogens is 4. The highest BCUT2D eigenvalue weighted by Crippen LogP contribution is 2.46. The van der Waals surface area contributed by atoms with Gasteiger partial charge in [0.25, 0.3) is 0 Å². The molecule has 3 heterocycles. The summed E-state index contributed by atoms with van der Waals surface area (Å²) in [4.78, 5) is 15.8. The van der Waals surface area contributed by atoms with Gasteiger partial charge in [0.05, 0.1) is 11.0 Å². The van der Waals surface area contributed by atoms with Crippen molar-refractivity contribution in [2.75, 3.05) is 0 Å². The summed E-state index contributed by atoms with van der Waals surface area (Å²) in [5, 5.41) is 6.92. The molecule has 0 aliphatic heterocycles. The molecule has 0 N–H and O–H groups in total. The van der Waals surface area contributed by atoms with E-state index in [1.54, 1.807) is 0 Å². The summed E-state index contributed by atoms with van der Waals surface area (Å²) >= 11 is 0. The van der Waals surface area contributed by atoms with Crippen molar-refractivity contribution in [3.05, 3.63) is 200 Å². The molecule has 11 aromatic rings. The van der Waals surface area contributed by atoms with Crippen LogP contribution in [-0.4, -0.2) is 19.5 Å². The summed E-state index contributed by atoms with van der Waals surface area (Å²) in [5.74, 6) is 3.23. The number of allylic oxidation sites excluding steroid dienone is 4. The van der Waals surface area contributed by atoms with Gasteiger partial charge < -0.3 is 4.42 Å². The maximum Gasteiger partial charge on any atom is 0.238 e. The van der Waals surface area contributed by atoms with E-state index in [2.05, 4.69) is 168 Å². The third-order valence-electron chi connectivity index (χ3n) is 12.7. The van der Waals surface area contributed by atoms with Crippen molar-refractivity contribution in [2.45, 2.75) is 6.42 Å². The Morgan fingerprint density at radius 3 is 2.02 bits per heavy atom. The van der Waals surface area contributed by atoms with Crippen LogP contribution in [0.2, 0.25) is 0 Å². The highest BCUT2D eigenvalue weighted by atomic mass is 16.3. The van der Waals surface area contributed by atoms with Crippen LogP contribution >= 0.6 is 0 Å². The number of fused-ring (bicyclic) bond motifs is 9. The van der Waals surface area contributed by atoms with Gasteiger partial charge in [0.1, 0.15) is 11.2 Å². The van der Waals surface area contributed by atoms with Crippen LogP contribution in [0.25, 0.3) is 111 Å². The van der Waals surface area contributed by atoms with Gasteiger partial charge in [0.15, 0.2) is 11.6 Å². The normalized spacial score (nSPS) is 15.8. The topological polar surface area (TPSA) is 56.7 Å². The first-order chi connectivity index (χ1) is 30.2. The Hall–Kier alpha value is -7.89. The van der Waals surface area contributed by atoms with E-state index in [0.29, 0.717) is 23.5 Å². The van der Waals surface area contributed by atoms with E-state index in [0.717, 1.165) is 77.7 Å². The zero-order valence-corrected chi connectivity index (χ0v) is 33.0. The second-order valence-electron chi connectivity index (χ2n) is 16.4. The SMILES string of the molecule is C1=CC2CC2C=C1c1ccc(-c2nc(-c3ccccc3)nc(-n3c4ccc5ccccc5c4c4cccc(-c5cccc(-c6ccc7c(c6)oc6ccccc67)c5)c43)n2)cc1. The fourth-order valence-corrected chi connectivity index (χ4v) is 9.52. The first-order valence-corrected chi connectivity index (χ1v) is 21.0. The Morgan fingerprint density at radius 2 is 1.15 bits per heavy atom. The second-order valence-corrected chi connectivity index (χ2v) is 16.4. The predicted molar refractivity (Wildman–Crippen MR) is 249 cm³/mol. The van der Waals surface area contributed by atoms with E-state index in [1.165, 1.54) is 33.7 Å². The summed E-state index contributed by atoms with van der Waals surface area (Å²) in [6.45, 7) is 0. The smallest absolute Gasteiger partial charge is 0.238 e. The average Bonchev–Trinajstić information content (AvgIpc) is 3.90. The van der Waals surface area contributed by atoms with E-state index in [4.69, 9.17) is 19.4 Å². The molecule has 2 aliphatic carbocycles. The molecule has 5 heteroatoms. The number of para-hydroxylation sites is 2. The minimum atomic E-state index is 0.569. The van der Waals surface area contributed by atoms with Crippen molar-refractivity contribution >= 4 is 60.1 Å². The van der Waals surface area contributed by atoms with Gasteiger partial charge in [-0.15, -0.1) is 0 Å². The highest BCUT2D eigenvalue weighted by molar-refractivity contribution is 6.23. The molecule has 8 aromatic carbocycles. The Kier molecular flexibility index (Phi) is 7.43. The van der Waals surface area contributed by atoms with E-state index < -0.39 is 0 Å². The van der Waals surface area contributed by atoms with Crippen molar-refractivity contribution in [1.29, 1.82) is 0 Å². The number of nitrogens with zero attached hydrogens (tertiary/aromatic N) is 4. The Labute approximate surface area is 351 Å². The Balaban J connectivity index is 1.03. The number of hydrogen-bond acceptors (Lipinski definition) is 4. The van der Waals surface area contributed by atoms with E-state index in [9.17, 15) is 0 Å². The molecule has 0 radical (unpaired) electrons. The number of rotatable bonds is 6. The number of benzene rings is 8. The van der Waals surface area contributed by atoms with Gasteiger partial charge in [-0.2, -0.15) is 9.97 Å². The molecule has 0 spiro atoms. The quantitative estimate of drug-likeness (QED) is 0.169. The molecule has 0 amide bonds. The van der Waals surface area contributed by atoms with Crippen molar-refractivity contribution in [3.8, 4) is 51.0 Å². The van der Waals surface area contributed by atoms with E-state index in [-0.39, 0.29) is 0 Å². The molecule has 286 valence electrons. The zero-order chi connectivity index (χ0) is 40.0. The molecule has 3 aromatic heterocycles. The van der Waals surface area contributed by atoms with Crippen LogP contribution in [-0.2, 0) is 0 Å². The molecule has 1 fully saturated rings. The fraction of sp³-hybridized carbons (Fsp3) is 0.0536. The lowest BCUT2D eigenvalue weighted by Crippen LogP contribution is -2.07. The lowest BCUT2D eigenvalue weighted by atomic mass is 9.96. The molecule has 5 nitrogen and oxygen atoms in total. The van der Waals surface area contributed by atoms with Crippen LogP contribution in [0.4, 0.5) is 0 Å². The molecular formula is C56H36N4O. The number of hydrogen-bond donors (Lipinski definition) is 0. The van der Waals surface area contributed by atoms with Crippen molar-refractivity contribution in [2.24, 2.45) is 11.8 Å². The summed E-state index contributed by atoms with van der Waals surface area (Å²) in [6.07, 6.45) is 8.32. The first kappa shape index (κ1) is 34.0. The largest absolute Gasteiger partial charge is 0.456 e. The third kappa shape index (κ3) is 5.58. The zero-order valence-electron chi connectivity index (χ0n) is 33.0. The van der Waals surface area contributed by atoms with E-state index in [1.807, 2.05) is 30.3 Å². The van der Waals surface area contributed by atoms with Gasteiger partial charge in [0.2, 0.25) is 5.95 Å². The molecule has 2 aliphatic rings.